The monoisotopic (exact) mass is 236 g/mol. The second kappa shape index (κ2) is 6.58. The molecule has 0 aliphatic carbocycles. The minimum atomic E-state index is -0.922. The van der Waals surface area contributed by atoms with Crippen molar-refractivity contribution in [1.29, 1.82) is 0 Å². The highest BCUT2D eigenvalue weighted by Crippen LogP contribution is 2.14. The van der Waals surface area contributed by atoms with Gasteiger partial charge in [0.05, 0.1) is 13.2 Å². The molecule has 0 saturated heterocycles. The molecular weight excluding hydrogens is 226 g/mol. The van der Waals surface area contributed by atoms with Crippen molar-refractivity contribution in [1.82, 2.24) is 0 Å². The third-order valence-electron chi connectivity index (χ3n) is 1.61. The van der Waals surface area contributed by atoms with E-state index in [1.165, 1.54) is 6.07 Å². The molecule has 0 radical (unpaired) electrons. The highest BCUT2D eigenvalue weighted by atomic mass is 35.5. The topological polar surface area (TPSA) is 18.5 Å². The van der Waals surface area contributed by atoms with Gasteiger partial charge < -0.3 is 9.47 Å². The van der Waals surface area contributed by atoms with Gasteiger partial charge in [-0.15, -0.1) is 11.6 Å². The van der Waals surface area contributed by atoms with Gasteiger partial charge in [0.15, 0.2) is 11.6 Å². The van der Waals surface area contributed by atoms with Crippen LogP contribution in [0.15, 0.2) is 18.2 Å². The van der Waals surface area contributed by atoms with Crippen molar-refractivity contribution < 1.29 is 18.3 Å². The number of alkyl halides is 1. The zero-order chi connectivity index (χ0) is 11.1. The van der Waals surface area contributed by atoms with Gasteiger partial charge >= 0.3 is 0 Å². The minimum Gasteiger partial charge on any atom is -0.491 e. The van der Waals surface area contributed by atoms with Crippen molar-refractivity contribution in [3.05, 3.63) is 29.8 Å². The van der Waals surface area contributed by atoms with Crippen LogP contribution in [0.4, 0.5) is 8.78 Å². The Labute approximate surface area is 91.8 Å². The zero-order valence-electron chi connectivity index (χ0n) is 8.01. The van der Waals surface area contributed by atoms with Gasteiger partial charge in [-0.3, -0.25) is 0 Å². The van der Waals surface area contributed by atoms with E-state index in [1.807, 2.05) is 0 Å². The summed E-state index contributed by atoms with van der Waals surface area (Å²) in [6, 6.07) is 3.38. The van der Waals surface area contributed by atoms with Crippen LogP contribution in [0.1, 0.15) is 0 Å². The molecule has 1 rings (SSSR count). The molecule has 0 bridgehead atoms. The number of hydrogen-bond donors (Lipinski definition) is 0. The first kappa shape index (κ1) is 12.2. The zero-order valence-corrected chi connectivity index (χ0v) is 8.77. The van der Waals surface area contributed by atoms with Crippen LogP contribution in [0.3, 0.4) is 0 Å². The summed E-state index contributed by atoms with van der Waals surface area (Å²) in [5, 5.41) is 0. The van der Waals surface area contributed by atoms with Gasteiger partial charge in [-0.05, 0) is 12.1 Å². The second-order valence-electron chi connectivity index (χ2n) is 2.73. The molecular formula is C10H11ClF2O2. The Balaban J connectivity index is 2.28. The number of benzene rings is 1. The van der Waals surface area contributed by atoms with Crippen molar-refractivity contribution in [2.24, 2.45) is 0 Å². The Kier molecular flexibility index (Phi) is 5.36. The predicted octanol–water partition coefficient (Wildman–Crippen LogP) is 2.60. The van der Waals surface area contributed by atoms with Gasteiger partial charge in [-0.2, -0.15) is 0 Å². The minimum absolute atomic E-state index is 0.280. The lowest BCUT2D eigenvalue weighted by atomic mass is 10.3. The Morgan fingerprint density at radius 3 is 2.53 bits per heavy atom. The molecule has 0 amide bonds. The van der Waals surface area contributed by atoms with Gasteiger partial charge in [0.25, 0.3) is 0 Å². The molecule has 0 atom stereocenters. The molecule has 0 N–H and O–H groups in total. The molecule has 0 saturated carbocycles. The van der Waals surface area contributed by atoms with E-state index in [0.717, 1.165) is 12.1 Å². The molecule has 0 aliphatic heterocycles. The summed E-state index contributed by atoms with van der Waals surface area (Å²) in [6.45, 7) is 1.09. The molecule has 0 fully saturated rings. The highest BCUT2D eigenvalue weighted by molar-refractivity contribution is 6.17. The molecule has 0 unspecified atom stereocenters. The summed E-state index contributed by atoms with van der Waals surface area (Å²) in [5.41, 5.74) is 0. The standard InChI is InChI=1S/C10H11ClF2O2/c11-3-4-14-5-6-15-8-1-2-9(12)10(13)7-8/h1-2,7H,3-6H2. The van der Waals surface area contributed by atoms with E-state index in [9.17, 15) is 8.78 Å². The fourth-order valence-corrected chi connectivity index (χ4v) is 1.05. The van der Waals surface area contributed by atoms with Crippen molar-refractivity contribution in [2.45, 2.75) is 0 Å². The molecule has 1 aromatic rings. The summed E-state index contributed by atoms with van der Waals surface area (Å²) in [5.74, 6) is -1.11. The van der Waals surface area contributed by atoms with Crippen LogP contribution in [0, 0.1) is 11.6 Å². The van der Waals surface area contributed by atoms with Gasteiger partial charge in [0.2, 0.25) is 0 Å². The SMILES string of the molecule is Fc1ccc(OCCOCCCl)cc1F. The summed E-state index contributed by atoms with van der Waals surface area (Å²) >= 11 is 5.38. The fourth-order valence-electron chi connectivity index (χ4n) is 0.942. The maximum Gasteiger partial charge on any atom is 0.162 e. The first-order valence-electron chi connectivity index (χ1n) is 4.45. The van der Waals surface area contributed by atoms with E-state index in [2.05, 4.69) is 0 Å². The summed E-state index contributed by atoms with van der Waals surface area (Å²) in [6.07, 6.45) is 0. The van der Waals surface area contributed by atoms with Gasteiger partial charge in [-0.25, -0.2) is 8.78 Å². The Hall–Kier alpha value is -0.870. The van der Waals surface area contributed by atoms with E-state index in [0.29, 0.717) is 19.1 Å². The average Bonchev–Trinajstić information content (AvgIpc) is 2.23. The normalized spacial score (nSPS) is 10.3. The number of hydrogen-bond acceptors (Lipinski definition) is 2. The lowest BCUT2D eigenvalue weighted by Crippen LogP contribution is -2.08. The largest absolute Gasteiger partial charge is 0.491 e. The molecule has 0 aromatic heterocycles. The van der Waals surface area contributed by atoms with E-state index in [4.69, 9.17) is 21.1 Å². The van der Waals surface area contributed by atoms with E-state index in [-0.39, 0.29) is 12.4 Å². The van der Waals surface area contributed by atoms with E-state index < -0.39 is 11.6 Å². The second-order valence-corrected chi connectivity index (χ2v) is 3.10. The third-order valence-corrected chi connectivity index (χ3v) is 1.76. The van der Waals surface area contributed by atoms with E-state index in [1.54, 1.807) is 0 Å². The molecule has 0 aliphatic rings. The molecule has 15 heavy (non-hydrogen) atoms. The summed E-state index contributed by atoms with van der Waals surface area (Å²) in [4.78, 5) is 0. The van der Waals surface area contributed by atoms with Crippen LogP contribution in [-0.4, -0.2) is 25.7 Å². The quantitative estimate of drug-likeness (QED) is 0.558. The highest BCUT2D eigenvalue weighted by Gasteiger charge is 2.02. The van der Waals surface area contributed by atoms with Crippen LogP contribution in [0.2, 0.25) is 0 Å². The first-order chi connectivity index (χ1) is 7.24. The Morgan fingerprint density at radius 2 is 1.87 bits per heavy atom. The van der Waals surface area contributed by atoms with Crippen molar-refractivity contribution in [3.63, 3.8) is 0 Å². The maximum atomic E-state index is 12.7. The number of rotatable bonds is 6. The predicted molar refractivity (Wildman–Crippen MR) is 53.4 cm³/mol. The average molecular weight is 237 g/mol. The van der Waals surface area contributed by atoms with Crippen molar-refractivity contribution >= 4 is 11.6 Å². The molecule has 0 spiro atoms. The molecule has 5 heteroatoms. The fraction of sp³-hybridized carbons (Fsp3) is 0.400. The van der Waals surface area contributed by atoms with Crippen LogP contribution in [0.25, 0.3) is 0 Å². The van der Waals surface area contributed by atoms with Crippen LogP contribution < -0.4 is 4.74 Å². The lowest BCUT2D eigenvalue weighted by molar-refractivity contribution is 0.111. The number of ether oxygens (including phenoxy) is 2. The molecule has 0 heterocycles. The summed E-state index contributed by atoms with van der Waals surface area (Å²) < 4.78 is 35.4. The Morgan fingerprint density at radius 1 is 1.07 bits per heavy atom. The van der Waals surface area contributed by atoms with Crippen molar-refractivity contribution in [3.8, 4) is 5.75 Å². The van der Waals surface area contributed by atoms with Gasteiger partial charge in [0.1, 0.15) is 12.4 Å². The maximum absolute atomic E-state index is 12.7. The van der Waals surface area contributed by atoms with Crippen LogP contribution in [-0.2, 0) is 4.74 Å². The van der Waals surface area contributed by atoms with Gasteiger partial charge in [0, 0.05) is 11.9 Å². The van der Waals surface area contributed by atoms with Crippen LogP contribution >= 0.6 is 11.6 Å². The summed E-state index contributed by atoms with van der Waals surface area (Å²) in [7, 11) is 0. The molecule has 84 valence electrons. The lowest BCUT2D eigenvalue weighted by Gasteiger charge is -2.06. The smallest absolute Gasteiger partial charge is 0.162 e. The van der Waals surface area contributed by atoms with Gasteiger partial charge in [-0.1, -0.05) is 0 Å². The molecule has 2 nitrogen and oxygen atoms in total. The van der Waals surface area contributed by atoms with E-state index >= 15 is 0 Å². The van der Waals surface area contributed by atoms with Crippen LogP contribution in [0.5, 0.6) is 5.75 Å². The Bertz CT molecular complexity index is 307. The van der Waals surface area contributed by atoms with Crippen molar-refractivity contribution in [2.75, 3.05) is 25.7 Å². The first-order valence-corrected chi connectivity index (χ1v) is 4.99. The number of halogens is 3. The molecule has 1 aromatic carbocycles. The third kappa shape index (κ3) is 4.44.